The molecule has 1 amide bonds. The molecular weight excluding hydrogens is 334 g/mol. The Labute approximate surface area is 149 Å². The van der Waals surface area contributed by atoms with Crippen LogP contribution in [0.15, 0.2) is 0 Å². The summed E-state index contributed by atoms with van der Waals surface area (Å²) in [6.45, 7) is 7.63. The Balaban J connectivity index is 3.13. The minimum absolute atomic E-state index is 0.00755. The summed E-state index contributed by atoms with van der Waals surface area (Å²) in [4.78, 5) is 22.4. The number of Topliss-reactive ketones (excluding diaryl/α,β-unsaturated/α-hetero) is 1. The molecule has 0 aliphatic rings. The molecule has 0 bridgehead atoms. The smallest absolute Gasteiger partial charge is 0.230 e. The zero-order valence-electron chi connectivity index (χ0n) is 15.0. The van der Waals surface area contributed by atoms with Gasteiger partial charge in [0, 0.05) is 12.5 Å². The first-order valence-electron chi connectivity index (χ1n) is 8.17. The first kappa shape index (κ1) is 23.3. The van der Waals surface area contributed by atoms with E-state index in [9.17, 15) is 9.59 Å². The Kier molecular flexibility index (Phi) is 16.7. The van der Waals surface area contributed by atoms with Gasteiger partial charge in [0.15, 0.2) is 5.78 Å². The molecule has 0 aromatic carbocycles. The number of nitrogens with one attached hydrogen (secondary N) is 1. The third kappa shape index (κ3) is 16.2. The molecule has 0 aromatic heterocycles. The highest BCUT2D eigenvalue weighted by Crippen LogP contribution is 1.94. The summed E-state index contributed by atoms with van der Waals surface area (Å²) in [5.74, 6) is 0.606. The predicted octanol–water partition coefficient (Wildman–Crippen LogP) is 0.757. The topological polar surface area (TPSA) is 83.1 Å². The van der Waals surface area contributed by atoms with Crippen molar-refractivity contribution in [3.05, 3.63) is 0 Å². The molecule has 1 N–H and O–H groups in total. The van der Waals surface area contributed by atoms with E-state index in [0.29, 0.717) is 58.5 Å². The molecule has 0 heterocycles. The fourth-order valence-corrected chi connectivity index (χ4v) is 1.81. The number of ether oxygens (including phenoxy) is 4. The molecule has 8 heteroatoms. The van der Waals surface area contributed by atoms with E-state index < -0.39 is 0 Å². The average molecular weight is 365 g/mol. The van der Waals surface area contributed by atoms with E-state index in [1.54, 1.807) is 0 Å². The van der Waals surface area contributed by atoms with Crippen molar-refractivity contribution in [2.75, 3.05) is 71.4 Å². The average Bonchev–Trinajstić information content (AvgIpc) is 2.55. The van der Waals surface area contributed by atoms with Gasteiger partial charge in [-0.3, -0.25) is 9.59 Å². The third-order valence-electron chi connectivity index (χ3n) is 2.85. The van der Waals surface area contributed by atoms with Crippen molar-refractivity contribution in [1.29, 1.82) is 0 Å². The van der Waals surface area contributed by atoms with E-state index in [0.717, 1.165) is 0 Å². The van der Waals surface area contributed by atoms with Gasteiger partial charge in [-0.15, -0.1) is 0 Å². The van der Waals surface area contributed by atoms with E-state index in [1.807, 2.05) is 20.1 Å². The van der Waals surface area contributed by atoms with E-state index in [1.165, 1.54) is 11.8 Å². The van der Waals surface area contributed by atoms with Gasteiger partial charge in [-0.1, -0.05) is 13.8 Å². The van der Waals surface area contributed by atoms with Crippen molar-refractivity contribution < 1.29 is 28.5 Å². The molecule has 24 heavy (non-hydrogen) atoms. The summed E-state index contributed by atoms with van der Waals surface area (Å²) in [7, 11) is 0. The summed E-state index contributed by atoms with van der Waals surface area (Å²) >= 11 is 1.49. The van der Waals surface area contributed by atoms with Crippen molar-refractivity contribution in [2.24, 2.45) is 5.92 Å². The van der Waals surface area contributed by atoms with E-state index in [4.69, 9.17) is 18.9 Å². The molecule has 142 valence electrons. The number of carbonyl (C=O) groups excluding carboxylic acids is 2. The number of hydrogen-bond donors (Lipinski definition) is 1. The van der Waals surface area contributed by atoms with Crippen molar-refractivity contribution in [2.45, 2.75) is 13.8 Å². The minimum atomic E-state index is 0.00755. The van der Waals surface area contributed by atoms with E-state index in [2.05, 4.69) is 5.32 Å². The molecule has 0 radical (unpaired) electrons. The summed E-state index contributed by atoms with van der Waals surface area (Å²) < 4.78 is 21.2. The van der Waals surface area contributed by atoms with Crippen LogP contribution in [0.5, 0.6) is 0 Å². The van der Waals surface area contributed by atoms with Crippen molar-refractivity contribution in [3.8, 4) is 0 Å². The van der Waals surface area contributed by atoms with Gasteiger partial charge in [-0.05, 0) is 6.26 Å². The van der Waals surface area contributed by atoms with Crippen molar-refractivity contribution in [1.82, 2.24) is 5.32 Å². The quantitative estimate of drug-likeness (QED) is 0.381. The van der Waals surface area contributed by atoms with Gasteiger partial charge >= 0.3 is 0 Å². The maximum atomic E-state index is 11.3. The summed E-state index contributed by atoms with van der Waals surface area (Å²) in [6.07, 6.45) is 1.89. The first-order chi connectivity index (χ1) is 11.6. The molecule has 7 nitrogen and oxygen atoms in total. The van der Waals surface area contributed by atoms with E-state index >= 15 is 0 Å². The fourth-order valence-electron chi connectivity index (χ4n) is 1.44. The molecule has 0 saturated heterocycles. The summed E-state index contributed by atoms with van der Waals surface area (Å²) in [6, 6.07) is 0. The van der Waals surface area contributed by atoms with Crippen molar-refractivity contribution >= 4 is 23.5 Å². The number of thioether (sulfide) groups is 1. The Morgan fingerprint density at radius 2 is 1.38 bits per heavy atom. The third-order valence-corrected chi connectivity index (χ3v) is 3.40. The van der Waals surface area contributed by atoms with Crippen LogP contribution in [0.2, 0.25) is 0 Å². The number of rotatable bonds is 17. The van der Waals surface area contributed by atoms with Crippen LogP contribution in [0.3, 0.4) is 0 Å². The molecule has 0 atom stereocenters. The van der Waals surface area contributed by atoms with Crippen LogP contribution >= 0.6 is 11.8 Å². The zero-order chi connectivity index (χ0) is 18.0. The number of ketones is 1. The zero-order valence-corrected chi connectivity index (χ0v) is 15.8. The Bertz CT molecular complexity index is 328. The largest absolute Gasteiger partial charge is 0.377 e. The van der Waals surface area contributed by atoms with Gasteiger partial charge in [0.1, 0.15) is 6.61 Å². The highest BCUT2D eigenvalue weighted by atomic mass is 32.2. The van der Waals surface area contributed by atoms with E-state index in [-0.39, 0.29) is 24.2 Å². The normalized spacial score (nSPS) is 11.0. The lowest BCUT2D eigenvalue weighted by Crippen LogP contribution is -2.29. The highest BCUT2D eigenvalue weighted by Gasteiger charge is 2.06. The Morgan fingerprint density at radius 3 is 1.88 bits per heavy atom. The molecular formula is C16H31NO6S. The number of amides is 1. The lowest BCUT2D eigenvalue weighted by molar-refractivity contribution is -0.127. The van der Waals surface area contributed by atoms with Crippen LogP contribution in [0, 0.1) is 5.92 Å². The number of carbonyl (C=O) groups is 2. The fraction of sp³-hybridized carbons (Fsp3) is 0.875. The summed E-state index contributed by atoms with van der Waals surface area (Å²) in [5.41, 5.74) is 0. The maximum absolute atomic E-state index is 11.3. The Hall–Kier alpha value is -0.670. The second-order valence-electron chi connectivity index (χ2n) is 5.29. The van der Waals surface area contributed by atoms with Crippen LogP contribution in [0.4, 0.5) is 0 Å². The van der Waals surface area contributed by atoms with Crippen molar-refractivity contribution in [3.63, 3.8) is 0 Å². The molecule has 0 spiro atoms. The van der Waals surface area contributed by atoms with Crippen LogP contribution < -0.4 is 5.32 Å². The monoisotopic (exact) mass is 365 g/mol. The van der Waals surface area contributed by atoms with Gasteiger partial charge in [-0.2, -0.15) is 11.8 Å². The first-order valence-corrected chi connectivity index (χ1v) is 9.56. The molecule has 0 aromatic rings. The van der Waals surface area contributed by atoms with Gasteiger partial charge in [0.05, 0.1) is 52.0 Å². The number of hydrogen-bond acceptors (Lipinski definition) is 7. The van der Waals surface area contributed by atoms with Gasteiger partial charge in [0.25, 0.3) is 0 Å². The molecule has 0 aliphatic carbocycles. The Morgan fingerprint density at radius 1 is 0.875 bits per heavy atom. The maximum Gasteiger partial charge on any atom is 0.230 e. The SMILES string of the molecule is CSCC(=O)NCCOCCOCCOCCOCC(=O)C(C)C. The van der Waals surface area contributed by atoms with Crippen LogP contribution in [0.1, 0.15) is 13.8 Å². The molecule has 0 unspecified atom stereocenters. The molecule has 0 fully saturated rings. The highest BCUT2D eigenvalue weighted by molar-refractivity contribution is 7.99. The predicted molar refractivity (Wildman–Crippen MR) is 94.5 cm³/mol. The van der Waals surface area contributed by atoms with Gasteiger partial charge in [-0.25, -0.2) is 0 Å². The van der Waals surface area contributed by atoms with Crippen LogP contribution in [0.25, 0.3) is 0 Å². The molecule has 0 rings (SSSR count). The lowest BCUT2D eigenvalue weighted by atomic mass is 10.1. The second-order valence-corrected chi connectivity index (χ2v) is 6.16. The molecule has 0 saturated carbocycles. The second kappa shape index (κ2) is 17.2. The minimum Gasteiger partial charge on any atom is -0.377 e. The van der Waals surface area contributed by atoms with Gasteiger partial charge in [0.2, 0.25) is 5.91 Å². The molecule has 0 aliphatic heterocycles. The van der Waals surface area contributed by atoms with Crippen LogP contribution in [-0.2, 0) is 28.5 Å². The summed E-state index contributed by atoms with van der Waals surface area (Å²) in [5, 5.41) is 2.75. The standard InChI is InChI=1S/C16H31NO6S/c1-14(2)15(18)12-23-11-10-22-9-8-21-7-6-20-5-4-17-16(19)13-24-3/h14H,4-13H2,1-3H3,(H,17,19). The van der Waals surface area contributed by atoms with Gasteiger partial charge < -0.3 is 24.3 Å². The lowest BCUT2D eigenvalue weighted by Gasteiger charge is -2.08. The van der Waals surface area contributed by atoms with Crippen LogP contribution in [-0.4, -0.2) is 83.1 Å².